The maximum absolute atomic E-state index is 5.25. The summed E-state index contributed by atoms with van der Waals surface area (Å²) in [7, 11) is 3.91. The third-order valence-electron chi connectivity index (χ3n) is 1.36. The van der Waals surface area contributed by atoms with Crippen LogP contribution in [0.3, 0.4) is 0 Å². The first kappa shape index (κ1) is 9.47. The van der Waals surface area contributed by atoms with E-state index >= 15 is 0 Å². The number of hydrogen-bond acceptors (Lipinski definition) is 1. The van der Waals surface area contributed by atoms with Crippen molar-refractivity contribution in [1.29, 1.82) is 0 Å². The van der Waals surface area contributed by atoms with Crippen LogP contribution in [0.15, 0.2) is 0 Å². The van der Waals surface area contributed by atoms with Crippen molar-refractivity contribution in [2.24, 2.45) is 5.92 Å². The second-order valence-corrected chi connectivity index (χ2v) is 2.92. The van der Waals surface area contributed by atoms with E-state index in [0.29, 0.717) is 5.92 Å². The molecule has 0 aliphatic heterocycles. The molecule has 1 atom stereocenters. The largest absolute Gasteiger partial charge is 0.450 e. The summed E-state index contributed by atoms with van der Waals surface area (Å²) in [4.78, 5) is 0. The molecule has 0 saturated carbocycles. The fraction of sp³-hybridized carbons (Fsp3) is 0.875. The molecule has 0 aliphatic rings. The Hall–Kier alpha value is -0.530. The Morgan fingerprint density at radius 1 is 1.50 bits per heavy atom. The standard InChI is InChI=1S/C8H18NO/c1-5-8(2)6-10-7-9(3)4/h7-8H,5-6H2,1-4H3/q+1. The molecule has 10 heavy (non-hydrogen) atoms. The summed E-state index contributed by atoms with van der Waals surface area (Å²) in [6.07, 6.45) is 2.92. The molecule has 0 aromatic rings. The highest BCUT2D eigenvalue weighted by atomic mass is 16.5. The Kier molecular flexibility index (Phi) is 4.99. The van der Waals surface area contributed by atoms with Crippen LogP contribution in [0, 0.1) is 5.92 Å². The number of nitrogens with zero attached hydrogens (tertiary/aromatic N) is 1. The van der Waals surface area contributed by atoms with E-state index in [-0.39, 0.29) is 0 Å². The predicted molar refractivity (Wildman–Crippen MR) is 43.6 cm³/mol. The molecule has 60 valence electrons. The van der Waals surface area contributed by atoms with Gasteiger partial charge in [-0.1, -0.05) is 20.3 Å². The average Bonchev–Trinajstić information content (AvgIpc) is 1.87. The first-order valence-corrected chi connectivity index (χ1v) is 3.78. The zero-order chi connectivity index (χ0) is 7.98. The third-order valence-corrected chi connectivity index (χ3v) is 1.36. The van der Waals surface area contributed by atoms with Crippen LogP contribution >= 0.6 is 0 Å². The Morgan fingerprint density at radius 2 is 2.10 bits per heavy atom. The van der Waals surface area contributed by atoms with Gasteiger partial charge in [0.1, 0.15) is 14.1 Å². The zero-order valence-corrected chi connectivity index (χ0v) is 7.42. The summed E-state index contributed by atoms with van der Waals surface area (Å²) in [6.45, 7) is 5.18. The van der Waals surface area contributed by atoms with Crippen molar-refractivity contribution in [2.45, 2.75) is 20.3 Å². The highest BCUT2D eigenvalue weighted by Gasteiger charge is 1.97. The summed E-state index contributed by atoms with van der Waals surface area (Å²) in [6, 6.07) is 0. The topological polar surface area (TPSA) is 12.2 Å². The second kappa shape index (κ2) is 5.27. The van der Waals surface area contributed by atoms with Gasteiger partial charge in [0.2, 0.25) is 0 Å². The maximum atomic E-state index is 5.25. The van der Waals surface area contributed by atoms with Crippen molar-refractivity contribution < 1.29 is 9.31 Å². The van der Waals surface area contributed by atoms with Gasteiger partial charge in [-0.3, -0.25) is 0 Å². The van der Waals surface area contributed by atoms with E-state index in [2.05, 4.69) is 13.8 Å². The lowest BCUT2D eigenvalue weighted by Gasteiger charge is -2.04. The lowest BCUT2D eigenvalue weighted by molar-refractivity contribution is -0.468. The first-order valence-electron chi connectivity index (χ1n) is 3.78. The minimum atomic E-state index is 0.663. The first-order chi connectivity index (χ1) is 4.66. The van der Waals surface area contributed by atoms with Crippen LogP contribution in [0.4, 0.5) is 0 Å². The predicted octanol–water partition coefficient (Wildman–Crippen LogP) is 1.35. The smallest absolute Gasteiger partial charge is 0.323 e. The van der Waals surface area contributed by atoms with Crippen LogP contribution in [0.25, 0.3) is 0 Å². The molecule has 0 radical (unpaired) electrons. The molecular formula is C8H18NO+. The fourth-order valence-electron chi connectivity index (χ4n) is 0.474. The SMILES string of the molecule is CCC(C)COC=[N+](C)C. The van der Waals surface area contributed by atoms with E-state index in [1.807, 2.05) is 18.7 Å². The molecule has 0 aromatic carbocycles. The third kappa shape index (κ3) is 5.60. The monoisotopic (exact) mass is 144 g/mol. The molecule has 0 aliphatic carbocycles. The van der Waals surface area contributed by atoms with Gasteiger partial charge in [-0.2, -0.15) is 0 Å². The Balaban J connectivity index is 3.28. The van der Waals surface area contributed by atoms with Gasteiger partial charge in [-0.25, -0.2) is 4.58 Å². The lowest BCUT2D eigenvalue weighted by atomic mass is 10.1. The molecule has 2 heteroatoms. The molecule has 2 nitrogen and oxygen atoms in total. The maximum Gasteiger partial charge on any atom is 0.323 e. The van der Waals surface area contributed by atoms with E-state index in [1.54, 1.807) is 6.40 Å². The van der Waals surface area contributed by atoms with Gasteiger partial charge in [0, 0.05) is 0 Å². The van der Waals surface area contributed by atoms with Gasteiger partial charge in [0.15, 0.2) is 0 Å². The Morgan fingerprint density at radius 3 is 2.50 bits per heavy atom. The minimum Gasteiger partial charge on any atom is -0.450 e. The molecule has 0 saturated heterocycles. The molecule has 0 aromatic heterocycles. The van der Waals surface area contributed by atoms with Gasteiger partial charge in [0.25, 0.3) is 0 Å². The van der Waals surface area contributed by atoms with Crippen molar-refractivity contribution >= 4 is 6.40 Å². The number of rotatable bonds is 4. The summed E-state index contributed by atoms with van der Waals surface area (Å²) < 4.78 is 7.15. The van der Waals surface area contributed by atoms with E-state index in [9.17, 15) is 0 Å². The Bertz CT molecular complexity index is 106. The van der Waals surface area contributed by atoms with Crippen LogP contribution in [0.2, 0.25) is 0 Å². The van der Waals surface area contributed by atoms with Crippen molar-refractivity contribution in [1.82, 2.24) is 0 Å². The molecule has 0 N–H and O–H groups in total. The molecule has 0 fully saturated rings. The van der Waals surface area contributed by atoms with Gasteiger partial charge < -0.3 is 4.74 Å². The van der Waals surface area contributed by atoms with E-state index in [0.717, 1.165) is 6.61 Å². The molecule has 0 amide bonds. The second-order valence-electron chi connectivity index (χ2n) is 2.92. The summed E-state index contributed by atoms with van der Waals surface area (Å²) in [5.74, 6) is 0.663. The molecule has 0 spiro atoms. The molecule has 1 unspecified atom stereocenters. The van der Waals surface area contributed by atoms with Crippen molar-refractivity contribution in [3.8, 4) is 0 Å². The van der Waals surface area contributed by atoms with Crippen molar-refractivity contribution in [3.63, 3.8) is 0 Å². The molecule has 0 rings (SSSR count). The van der Waals surface area contributed by atoms with Crippen LogP contribution in [-0.2, 0) is 4.74 Å². The number of hydrogen-bond donors (Lipinski definition) is 0. The van der Waals surface area contributed by atoms with Crippen molar-refractivity contribution in [3.05, 3.63) is 0 Å². The van der Waals surface area contributed by atoms with Crippen LogP contribution < -0.4 is 0 Å². The van der Waals surface area contributed by atoms with Crippen LogP contribution in [0.5, 0.6) is 0 Å². The van der Waals surface area contributed by atoms with Gasteiger partial charge in [-0.15, -0.1) is 0 Å². The highest BCUT2D eigenvalue weighted by molar-refractivity contribution is 5.38. The number of ether oxygens (including phenoxy) is 1. The van der Waals surface area contributed by atoms with Gasteiger partial charge >= 0.3 is 6.40 Å². The van der Waals surface area contributed by atoms with Crippen LogP contribution in [0.1, 0.15) is 20.3 Å². The van der Waals surface area contributed by atoms with Gasteiger partial charge in [0.05, 0.1) is 6.61 Å². The van der Waals surface area contributed by atoms with Crippen LogP contribution in [-0.4, -0.2) is 31.7 Å². The molecule has 0 heterocycles. The summed E-state index contributed by atoms with van der Waals surface area (Å²) >= 11 is 0. The lowest BCUT2D eigenvalue weighted by Crippen LogP contribution is -2.08. The molecular weight excluding hydrogens is 126 g/mol. The van der Waals surface area contributed by atoms with E-state index in [1.165, 1.54) is 6.42 Å². The van der Waals surface area contributed by atoms with E-state index in [4.69, 9.17) is 4.74 Å². The average molecular weight is 144 g/mol. The molecule has 0 bridgehead atoms. The summed E-state index contributed by atoms with van der Waals surface area (Å²) in [5, 5.41) is 0. The summed E-state index contributed by atoms with van der Waals surface area (Å²) in [5.41, 5.74) is 0. The highest BCUT2D eigenvalue weighted by Crippen LogP contribution is 1.98. The normalized spacial score (nSPS) is 12.4. The Labute approximate surface area is 63.5 Å². The van der Waals surface area contributed by atoms with E-state index < -0.39 is 0 Å². The van der Waals surface area contributed by atoms with Gasteiger partial charge in [-0.05, 0) is 5.92 Å². The fourth-order valence-corrected chi connectivity index (χ4v) is 0.474. The quantitative estimate of drug-likeness (QED) is 0.329. The zero-order valence-electron chi connectivity index (χ0n) is 7.42. The minimum absolute atomic E-state index is 0.663. The van der Waals surface area contributed by atoms with Crippen molar-refractivity contribution in [2.75, 3.05) is 20.7 Å².